The standard InChI is InChI=1S/C18H30N2/c1-4-19-18(17-8-6-5-7-9-17)10-11-20-13-15(2)12-16(3)14-20/h5-9,15-16,18-19H,4,10-14H2,1-3H3. The number of nitrogens with one attached hydrogen (secondary N) is 1. The first-order chi connectivity index (χ1) is 9.69. The molecule has 1 aromatic carbocycles. The molecule has 112 valence electrons. The van der Waals surface area contributed by atoms with Crippen LogP contribution in [-0.2, 0) is 0 Å². The molecule has 3 atom stereocenters. The van der Waals surface area contributed by atoms with Gasteiger partial charge in [0, 0.05) is 19.1 Å². The summed E-state index contributed by atoms with van der Waals surface area (Å²) >= 11 is 0. The lowest BCUT2D eigenvalue weighted by atomic mass is 9.91. The summed E-state index contributed by atoms with van der Waals surface area (Å²) in [5, 5.41) is 3.63. The molecule has 1 heterocycles. The van der Waals surface area contributed by atoms with Gasteiger partial charge in [-0.15, -0.1) is 0 Å². The lowest BCUT2D eigenvalue weighted by molar-refractivity contribution is 0.135. The van der Waals surface area contributed by atoms with Crippen LogP contribution in [0.5, 0.6) is 0 Å². The minimum absolute atomic E-state index is 0.494. The minimum atomic E-state index is 0.494. The molecule has 1 aliphatic rings. The van der Waals surface area contributed by atoms with E-state index in [0.29, 0.717) is 6.04 Å². The van der Waals surface area contributed by atoms with Crippen LogP contribution < -0.4 is 5.32 Å². The molecule has 0 spiro atoms. The van der Waals surface area contributed by atoms with Gasteiger partial charge in [0.05, 0.1) is 0 Å². The Bertz CT molecular complexity index is 366. The molecule has 2 rings (SSSR count). The van der Waals surface area contributed by atoms with Crippen LogP contribution in [0.25, 0.3) is 0 Å². The third-order valence-electron chi connectivity index (χ3n) is 4.33. The van der Waals surface area contributed by atoms with Crippen LogP contribution in [0, 0.1) is 11.8 Å². The highest BCUT2D eigenvalue weighted by Gasteiger charge is 2.22. The van der Waals surface area contributed by atoms with Gasteiger partial charge in [0.25, 0.3) is 0 Å². The molecule has 1 N–H and O–H groups in total. The highest BCUT2D eigenvalue weighted by atomic mass is 15.1. The van der Waals surface area contributed by atoms with E-state index in [4.69, 9.17) is 0 Å². The van der Waals surface area contributed by atoms with Crippen LogP contribution in [0.3, 0.4) is 0 Å². The van der Waals surface area contributed by atoms with Gasteiger partial charge >= 0.3 is 0 Å². The Morgan fingerprint density at radius 3 is 2.40 bits per heavy atom. The fourth-order valence-corrected chi connectivity index (χ4v) is 3.60. The zero-order valence-electron chi connectivity index (χ0n) is 13.3. The molecule has 0 radical (unpaired) electrons. The fraction of sp³-hybridized carbons (Fsp3) is 0.667. The number of nitrogens with zero attached hydrogens (tertiary/aromatic N) is 1. The van der Waals surface area contributed by atoms with E-state index in [0.717, 1.165) is 18.4 Å². The molecule has 20 heavy (non-hydrogen) atoms. The summed E-state index contributed by atoms with van der Waals surface area (Å²) in [5.74, 6) is 1.71. The van der Waals surface area contributed by atoms with Crippen LogP contribution in [-0.4, -0.2) is 31.1 Å². The average Bonchev–Trinajstić information content (AvgIpc) is 2.43. The van der Waals surface area contributed by atoms with Gasteiger partial charge in [0.15, 0.2) is 0 Å². The Morgan fingerprint density at radius 1 is 1.15 bits per heavy atom. The normalized spacial score (nSPS) is 25.6. The van der Waals surface area contributed by atoms with E-state index in [9.17, 15) is 0 Å². The van der Waals surface area contributed by atoms with Crippen molar-refractivity contribution >= 4 is 0 Å². The maximum absolute atomic E-state index is 3.63. The molecule has 1 saturated heterocycles. The molecule has 2 nitrogen and oxygen atoms in total. The summed E-state index contributed by atoms with van der Waals surface area (Å²) in [6, 6.07) is 11.4. The van der Waals surface area contributed by atoms with Crippen molar-refractivity contribution in [2.45, 2.75) is 39.7 Å². The molecule has 0 bridgehead atoms. The second kappa shape index (κ2) is 7.80. The van der Waals surface area contributed by atoms with Crippen LogP contribution in [0.2, 0.25) is 0 Å². The van der Waals surface area contributed by atoms with Crippen LogP contribution >= 0.6 is 0 Å². The third-order valence-corrected chi connectivity index (χ3v) is 4.33. The van der Waals surface area contributed by atoms with Crippen LogP contribution in [0.1, 0.15) is 45.2 Å². The quantitative estimate of drug-likeness (QED) is 0.851. The van der Waals surface area contributed by atoms with Gasteiger partial charge in [-0.2, -0.15) is 0 Å². The molecular formula is C18H30N2. The van der Waals surface area contributed by atoms with Crippen molar-refractivity contribution in [2.24, 2.45) is 11.8 Å². The summed E-state index contributed by atoms with van der Waals surface area (Å²) < 4.78 is 0. The topological polar surface area (TPSA) is 15.3 Å². The van der Waals surface area contributed by atoms with Gasteiger partial charge in [-0.3, -0.25) is 0 Å². The van der Waals surface area contributed by atoms with E-state index in [-0.39, 0.29) is 0 Å². The molecule has 3 unspecified atom stereocenters. The van der Waals surface area contributed by atoms with Crippen molar-refractivity contribution in [3.63, 3.8) is 0 Å². The first-order valence-electron chi connectivity index (χ1n) is 8.19. The van der Waals surface area contributed by atoms with Gasteiger partial charge in [-0.1, -0.05) is 51.1 Å². The van der Waals surface area contributed by atoms with E-state index >= 15 is 0 Å². The van der Waals surface area contributed by atoms with E-state index in [1.165, 1.54) is 38.0 Å². The zero-order valence-corrected chi connectivity index (χ0v) is 13.3. The first kappa shape index (κ1) is 15.5. The summed E-state index contributed by atoms with van der Waals surface area (Å²) in [6.07, 6.45) is 2.60. The Morgan fingerprint density at radius 2 is 1.80 bits per heavy atom. The van der Waals surface area contributed by atoms with Crippen molar-refractivity contribution in [3.05, 3.63) is 35.9 Å². The molecular weight excluding hydrogens is 244 g/mol. The summed E-state index contributed by atoms with van der Waals surface area (Å²) in [7, 11) is 0. The van der Waals surface area contributed by atoms with Gasteiger partial charge in [0.2, 0.25) is 0 Å². The Balaban J connectivity index is 1.89. The van der Waals surface area contributed by atoms with Gasteiger partial charge in [-0.05, 0) is 43.3 Å². The predicted molar refractivity (Wildman–Crippen MR) is 86.9 cm³/mol. The molecule has 0 aliphatic carbocycles. The van der Waals surface area contributed by atoms with Gasteiger partial charge < -0.3 is 10.2 Å². The van der Waals surface area contributed by atoms with E-state index in [1.807, 2.05) is 0 Å². The molecule has 1 aromatic rings. The zero-order chi connectivity index (χ0) is 14.4. The smallest absolute Gasteiger partial charge is 0.0332 e. The number of hydrogen-bond donors (Lipinski definition) is 1. The highest BCUT2D eigenvalue weighted by molar-refractivity contribution is 5.18. The average molecular weight is 274 g/mol. The Labute approximate surface area is 124 Å². The lowest BCUT2D eigenvalue weighted by Gasteiger charge is -2.35. The fourth-order valence-electron chi connectivity index (χ4n) is 3.60. The molecule has 0 aromatic heterocycles. The predicted octanol–water partition coefficient (Wildman–Crippen LogP) is 3.71. The second-order valence-electron chi connectivity index (χ2n) is 6.52. The number of piperidine rings is 1. The SMILES string of the molecule is CCNC(CCN1CC(C)CC(C)C1)c1ccccc1. The van der Waals surface area contributed by atoms with E-state index < -0.39 is 0 Å². The van der Waals surface area contributed by atoms with Crippen molar-refractivity contribution < 1.29 is 0 Å². The number of likely N-dealkylation sites (tertiary alicyclic amines) is 1. The Hall–Kier alpha value is -0.860. The molecule has 2 heteroatoms. The van der Waals surface area contributed by atoms with E-state index in [1.54, 1.807) is 0 Å². The van der Waals surface area contributed by atoms with Crippen molar-refractivity contribution in [1.29, 1.82) is 0 Å². The number of hydrogen-bond acceptors (Lipinski definition) is 2. The lowest BCUT2D eigenvalue weighted by Crippen LogP contribution is -2.40. The highest BCUT2D eigenvalue weighted by Crippen LogP contribution is 2.23. The van der Waals surface area contributed by atoms with Gasteiger partial charge in [-0.25, -0.2) is 0 Å². The van der Waals surface area contributed by atoms with Crippen molar-refractivity contribution in [2.75, 3.05) is 26.2 Å². The molecule has 1 fully saturated rings. The van der Waals surface area contributed by atoms with Crippen molar-refractivity contribution in [1.82, 2.24) is 10.2 Å². The first-order valence-corrected chi connectivity index (χ1v) is 8.19. The molecule has 1 aliphatic heterocycles. The van der Waals surface area contributed by atoms with Gasteiger partial charge in [0.1, 0.15) is 0 Å². The summed E-state index contributed by atoms with van der Waals surface area (Å²) in [5.41, 5.74) is 1.42. The largest absolute Gasteiger partial charge is 0.310 e. The maximum Gasteiger partial charge on any atom is 0.0332 e. The summed E-state index contributed by atoms with van der Waals surface area (Å²) in [6.45, 7) is 11.8. The second-order valence-corrected chi connectivity index (χ2v) is 6.52. The summed E-state index contributed by atoms with van der Waals surface area (Å²) in [4.78, 5) is 2.66. The van der Waals surface area contributed by atoms with E-state index in [2.05, 4.69) is 61.3 Å². The monoisotopic (exact) mass is 274 g/mol. The number of benzene rings is 1. The number of rotatable bonds is 6. The molecule has 0 saturated carbocycles. The third kappa shape index (κ3) is 4.60. The Kier molecular flexibility index (Phi) is 6.06. The maximum atomic E-state index is 3.63. The van der Waals surface area contributed by atoms with Crippen molar-refractivity contribution in [3.8, 4) is 0 Å². The molecule has 0 amide bonds. The van der Waals surface area contributed by atoms with Crippen LogP contribution in [0.15, 0.2) is 30.3 Å². The van der Waals surface area contributed by atoms with Crippen LogP contribution in [0.4, 0.5) is 0 Å². The minimum Gasteiger partial charge on any atom is -0.310 e.